The Bertz CT molecular complexity index is 447. The highest BCUT2D eigenvalue weighted by molar-refractivity contribution is 5.75. The van der Waals surface area contributed by atoms with Crippen LogP contribution in [0.5, 0.6) is 0 Å². The molecule has 1 aliphatic carbocycles. The molecule has 80 valence electrons. The van der Waals surface area contributed by atoms with Crippen molar-refractivity contribution in [3.63, 3.8) is 0 Å². The molecule has 1 heteroatoms. The minimum absolute atomic E-state index is 0.719. The number of hydrogen-bond acceptors (Lipinski definition) is 1. The smallest absolute Gasteiger partial charge is 0.150 e. The molecule has 0 atom stereocenters. The summed E-state index contributed by atoms with van der Waals surface area (Å²) in [6, 6.07) is 7.59. The van der Waals surface area contributed by atoms with Gasteiger partial charge in [-0.05, 0) is 24.0 Å². The first kappa shape index (κ1) is 10.6. The predicted molar refractivity (Wildman–Crippen MR) is 67.3 cm³/mol. The quantitative estimate of drug-likeness (QED) is 0.694. The maximum atomic E-state index is 10.5. The Hall–Kier alpha value is -1.89. The first-order chi connectivity index (χ1) is 7.88. The molecule has 0 fully saturated rings. The highest BCUT2D eigenvalue weighted by atomic mass is 16.1. The standard InChI is InChI=1S/C15H14O/c16-12-15-10-8-14(9-11-15)7-6-13-4-2-1-3-5-13/h1-2,4,6-12H,3,5H2/b7-6+. The van der Waals surface area contributed by atoms with E-state index in [9.17, 15) is 4.79 Å². The summed E-state index contributed by atoms with van der Waals surface area (Å²) < 4.78 is 0. The Morgan fingerprint density at radius 3 is 2.38 bits per heavy atom. The molecular formula is C15H14O. The van der Waals surface area contributed by atoms with E-state index in [1.54, 1.807) is 0 Å². The van der Waals surface area contributed by atoms with Crippen molar-refractivity contribution >= 4 is 12.4 Å². The normalized spacial score (nSPS) is 15.1. The molecule has 1 nitrogen and oxygen atoms in total. The van der Waals surface area contributed by atoms with Gasteiger partial charge in [0.25, 0.3) is 0 Å². The zero-order valence-electron chi connectivity index (χ0n) is 9.10. The fraction of sp³-hybridized carbons (Fsp3) is 0.133. The molecule has 0 unspecified atom stereocenters. The third-order valence-electron chi connectivity index (χ3n) is 2.61. The topological polar surface area (TPSA) is 17.1 Å². The van der Waals surface area contributed by atoms with Gasteiger partial charge in [-0.25, -0.2) is 0 Å². The SMILES string of the molecule is O=Cc1ccc(/C=C/C2=CC=CCC2)cc1. The van der Waals surface area contributed by atoms with Gasteiger partial charge < -0.3 is 0 Å². The molecule has 0 spiro atoms. The van der Waals surface area contributed by atoms with Crippen LogP contribution in [-0.2, 0) is 0 Å². The van der Waals surface area contributed by atoms with Crippen LogP contribution in [0.4, 0.5) is 0 Å². The van der Waals surface area contributed by atoms with Gasteiger partial charge in [0.05, 0.1) is 0 Å². The van der Waals surface area contributed by atoms with Gasteiger partial charge in [0.2, 0.25) is 0 Å². The Labute approximate surface area is 95.8 Å². The summed E-state index contributed by atoms with van der Waals surface area (Å²) in [5.41, 5.74) is 3.19. The maximum absolute atomic E-state index is 10.5. The van der Waals surface area contributed by atoms with Gasteiger partial charge in [0.15, 0.2) is 0 Å². The molecule has 1 aliphatic rings. The average molecular weight is 210 g/mol. The fourth-order valence-corrected chi connectivity index (χ4v) is 1.65. The van der Waals surface area contributed by atoms with Gasteiger partial charge >= 0.3 is 0 Å². The van der Waals surface area contributed by atoms with Crippen LogP contribution in [0.2, 0.25) is 0 Å². The zero-order valence-corrected chi connectivity index (χ0v) is 9.10. The minimum atomic E-state index is 0.719. The van der Waals surface area contributed by atoms with Crippen LogP contribution in [-0.4, -0.2) is 6.29 Å². The summed E-state index contributed by atoms with van der Waals surface area (Å²) in [6.07, 6.45) is 13.7. The molecule has 0 bridgehead atoms. The number of hydrogen-bond donors (Lipinski definition) is 0. The lowest BCUT2D eigenvalue weighted by Crippen LogP contribution is -1.83. The third-order valence-corrected chi connectivity index (χ3v) is 2.61. The fourth-order valence-electron chi connectivity index (χ4n) is 1.65. The summed E-state index contributed by atoms with van der Waals surface area (Å²) in [7, 11) is 0. The first-order valence-electron chi connectivity index (χ1n) is 5.47. The van der Waals surface area contributed by atoms with Crippen molar-refractivity contribution in [2.75, 3.05) is 0 Å². The number of benzene rings is 1. The van der Waals surface area contributed by atoms with Gasteiger partial charge in [-0.15, -0.1) is 0 Å². The zero-order chi connectivity index (χ0) is 11.2. The van der Waals surface area contributed by atoms with E-state index in [4.69, 9.17) is 0 Å². The highest BCUT2D eigenvalue weighted by Gasteiger charge is 1.95. The van der Waals surface area contributed by atoms with E-state index in [0.29, 0.717) is 0 Å². The lowest BCUT2D eigenvalue weighted by Gasteiger charge is -2.02. The Morgan fingerprint density at radius 1 is 1.00 bits per heavy atom. The average Bonchev–Trinajstić information content (AvgIpc) is 2.38. The molecule has 0 N–H and O–H groups in total. The van der Waals surface area contributed by atoms with Crippen molar-refractivity contribution in [1.82, 2.24) is 0 Å². The van der Waals surface area contributed by atoms with Gasteiger partial charge in [0.1, 0.15) is 6.29 Å². The molecule has 0 aliphatic heterocycles. The van der Waals surface area contributed by atoms with Crippen LogP contribution in [0.3, 0.4) is 0 Å². The van der Waals surface area contributed by atoms with Crippen molar-refractivity contribution in [3.05, 3.63) is 65.3 Å². The molecule has 1 aromatic carbocycles. The number of rotatable bonds is 3. The first-order valence-corrected chi connectivity index (χ1v) is 5.47. The Balaban J connectivity index is 2.08. The van der Waals surface area contributed by atoms with Crippen molar-refractivity contribution in [2.45, 2.75) is 12.8 Å². The molecule has 0 amide bonds. The monoisotopic (exact) mass is 210 g/mol. The van der Waals surface area contributed by atoms with E-state index in [2.05, 4.69) is 30.4 Å². The number of carbonyl (C=O) groups excluding carboxylic acids is 1. The second-order valence-corrected chi connectivity index (χ2v) is 3.83. The van der Waals surface area contributed by atoms with Gasteiger partial charge in [-0.3, -0.25) is 4.79 Å². The van der Waals surface area contributed by atoms with Gasteiger partial charge in [-0.2, -0.15) is 0 Å². The minimum Gasteiger partial charge on any atom is -0.298 e. The molecule has 0 radical (unpaired) electrons. The van der Waals surface area contributed by atoms with E-state index in [1.807, 2.05) is 24.3 Å². The molecule has 0 heterocycles. The Kier molecular flexibility index (Phi) is 3.50. The van der Waals surface area contributed by atoms with E-state index in [0.717, 1.165) is 30.3 Å². The predicted octanol–water partition coefficient (Wildman–Crippen LogP) is 3.79. The molecule has 16 heavy (non-hydrogen) atoms. The van der Waals surface area contributed by atoms with Gasteiger partial charge in [-0.1, -0.05) is 54.6 Å². The second kappa shape index (κ2) is 5.26. The van der Waals surface area contributed by atoms with E-state index in [1.165, 1.54) is 5.57 Å². The summed E-state index contributed by atoms with van der Waals surface area (Å²) >= 11 is 0. The van der Waals surface area contributed by atoms with E-state index in [-0.39, 0.29) is 0 Å². The van der Waals surface area contributed by atoms with Crippen LogP contribution < -0.4 is 0 Å². The number of aldehydes is 1. The van der Waals surface area contributed by atoms with Crippen LogP contribution >= 0.6 is 0 Å². The van der Waals surface area contributed by atoms with Crippen molar-refractivity contribution in [2.24, 2.45) is 0 Å². The van der Waals surface area contributed by atoms with Crippen LogP contribution in [0.15, 0.2) is 54.1 Å². The van der Waals surface area contributed by atoms with Crippen LogP contribution in [0.25, 0.3) is 6.08 Å². The molecule has 0 saturated heterocycles. The summed E-state index contributed by atoms with van der Waals surface area (Å²) in [5, 5.41) is 0. The van der Waals surface area contributed by atoms with E-state index < -0.39 is 0 Å². The van der Waals surface area contributed by atoms with Gasteiger partial charge in [0, 0.05) is 5.56 Å². The molecule has 0 saturated carbocycles. The third kappa shape index (κ3) is 2.80. The number of carbonyl (C=O) groups is 1. The molecule has 1 aromatic rings. The molecule has 2 rings (SSSR count). The molecule has 0 aromatic heterocycles. The molecular weight excluding hydrogens is 196 g/mol. The van der Waals surface area contributed by atoms with Crippen LogP contribution in [0.1, 0.15) is 28.8 Å². The lowest BCUT2D eigenvalue weighted by atomic mass is 10.0. The summed E-state index contributed by atoms with van der Waals surface area (Å²) in [5.74, 6) is 0. The number of allylic oxidation sites excluding steroid dienone is 5. The largest absolute Gasteiger partial charge is 0.298 e. The van der Waals surface area contributed by atoms with Crippen LogP contribution in [0, 0.1) is 0 Å². The van der Waals surface area contributed by atoms with Crippen molar-refractivity contribution < 1.29 is 4.79 Å². The van der Waals surface area contributed by atoms with E-state index >= 15 is 0 Å². The maximum Gasteiger partial charge on any atom is 0.150 e. The Morgan fingerprint density at radius 2 is 1.75 bits per heavy atom. The second-order valence-electron chi connectivity index (χ2n) is 3.83. The highest BCUT2D eigenvalue weighted by Crippen LogP contribution is 2.14. The summed E-state index contributed by atoms with van der Waals surface area (Å²) in [4.78, 5) is 10.5. The lowest BCUT2D eigenvalue weighted by molar-refractivity contribution is 0.112. The van der Waals surface area contributed by atoms with Crippen molar-refractivity contribution in [1.29, 1.82) is 0 Å². The summed E-state index contributed by atoms with van der Waals surface area (Å²) in [6.45, 7) is 0. The van der Waals surface area contributed by atoms with Crippen molar-refractivity contribution in [3.8, 4) is 0 Å².